The lowest BCUT2D eigenvalue weighted by Gasteiger charge is -2.29. The maximum absolute atomic E-state index is 14.5. The van der Waals surface area contributed by atoms with E-state index in [2.05, 4.69) is 4.90 Å². The zero-order valence-corrected chi connectivity index (χ0v) is 14.0. The van der Waals surface area contributed by atoms with Crippen molar-refractivity contribution in [2.75, 3.05) is 33.2 Å². The van der Waals surface area contributed by atoms with Crippen molar-refractivity contribution in [3.63, 3.8) is 0 Å². The van der Waals surface area contributed by atoms with Gasteiger partial charge < -0.3 is 14.7 Å². The van der Waals surface area contributed by atoms with Crippen LogP contribution in [0.1, 0.15) is 31.9 Å². The molecule has 0 saturated carbocycles. The molecular weight excluding hydrogens is 299 g/mol. The van der Waals surface area contributed by atoms with Gasteiger partial charge in [0.15, 0.2) is 0 Å². The number of aliphatic carboxylic acids is 1. The van der Waals surface area contributed by atoms with Crippen LogP contribution >= 0.6 is 0 Å². The molecular formula is C17H25FN2O3. The van der Waals surface area contributed by atoms with E-state index in [0.717, 1.165) is 19.5 Å². The number of nitrogens with zero attached hydrogens (tertiary/aromatic N) is 2. The Bertz CT molecular complexity index is 551. The van der Waals surface area contributed by atoms with Crippen LogP contribution < -0.4 is 4.74 Å². The summed E-state index contributed by atoms with van der Waals surface area (Å²) in [6, 6.07) is 3.45. The van der Waals surface area contributed by atoms with Crippen LogP contribution in [0.2, 0.25) is 0 Å². The average molecular weight is 324 g/mol. The molecule has 2 rings (SSSR count). The van der Waals surface area contributed by atoms with E-state index < -0.39 is 17.8 Å². The lowest BCUT2D eigenvalue weighted by molar-refractivity contribution is -0.143. The second kappa shape index (κ2) is 7.75. The van der Waals surface area contributed by atoms with Gasteiger partial charge in [-0.25, -0.2) is 4.39 Å². The SMILES string of the molecule is CC(C)Oc1cccc(F)c1[C@H](C(=O)O)N1CCCN(C)CC1. The van der Waals surface area contributed by atoms with Gasteiger partial charge in [0, 0.05) is 19.6 Å². The van der Waals surface area contributed by atoms with Crippen molar-refractivity contribution >= 4 is 5.97 Å². The maximum Gasteiger partial charge on any atom is 0.325 e. The molecule has 1 aliphatic heterocycles. The third-order valence-corrected chi connectivity index (χ3v) is 4.00. The Morgan fingerprint density at radius 3 is 2.65 bits per heavy atom. The van der Waals surface area contributed by atoms with Gasteiger partial charge in [0.2, 0.25) is 0 Å². The minimum atomic E-state index is -1.05. The number of hydrogen-bond donors (Lipinski definition) is 1. The predicted molar refractivity (Wildman–Crippen MR) is 86.2 cm³/mol. The second-order valence-electron chi connectivity index (χ2n) is 6.25. The third kappa shape index (κ3) is 4.42. The smallest absolute Gasteiger partial charge is 0.325 e. The molecule has 1 aromatic carbocycles. The monoisotopic (exact) mass is 324 g/mol. The Hall–Kier alpha value is -1.66. The summed E-state index contributed by atoms with van der Waals surface area (Å²) in [6.45, 7) is 6.56. The van der Waals surface area contributed by atoms with Gasteiger partial charge >= 0.3 is 5.97 Å². The van der Waals surface area contributed by atoms with Gasteiger partial charge in [-0.3, -0.25) is 9.69 Å². The fourth-order valence-corrected chi connectivity index (χ4v) is 2.93. The molecule has 1 N–H and O–H groups in total. The van der Waals surface area contributed by atoms with Crippen LogP contribution in [0.25, 0.3) is 0 Å². The zero-order valence-electron chi connectivity index (χ0n) is 14.0. The van der Waals surface area contributed by atoms with E-state index in [1.165, 1.54) is 6.07 Å². The number of hydrogen-bond acceptors (Lipinski definition) is 4. The average Bonchev–Trinajstić information content (AvgIpc) is 2.66. The third-order valence-electron chi connectivity index (χ3n) is 4.00. The van der Waals surface area contributed by atoms with Gasteiger partial charge in [0.1, 0.15) is 17.6 Å². The van der Waals surface area contributed by atoms with Crippen molar-refractivity contribution < 1.29 is 19.0 Å². The van der Waals surface area contributed by atoms with Crippen molar-refractivity contribution in [2.24, 2.45) is 0 Å². The van der Waals surface area contributed by atoms with E-state index >= 15 is 0 Å². The number of carboxylic acid groups (broad SMARTS) is 1. The first-order chi connectivity index (χ1) is 10.9. The summed E-state index contributed by atoms with van der Waals surface area (Å²) in [6.07, 6.45) is 0.704. The topological polar surface area (TPSA) is 53.0 Å². The molecule has 23 heavy (non-hydrogen) atoms. The summed E-state index contributed by atoms with van der Waals surface area (Å²) in [5, 5.41) is 9.74. The molecule has 0 spiro atoms. The fourth-order valence-electron chi connectivity index (χ4n) is 2.93. The van der Waals surface area contributed by atoms with E-state index in [4.69, 9.17) is 4.74 Å². The van der Waals surface area contributed by atoms with E-state index in [1.807, 2.05) is 25.8 Å². The Morgan fingerprint density at radius 2 is 2.00 bits per heavy atom. The molecule has 0 unspecified atom stereocenters. The minimum absolute atomic E-state index is 0.123. The van der Waals surface area contributed by atoms with Crippen LogP contribution in [-0.2, 0) is 4.79 Å². The molecule has 1 fully saturated rings. The highest BCUT2D eigenvalue weighted by molar-refractivity contribution is 5.77. The van der Waals surface area contributed by atoms with Gasteiger partial charge in [-0.2, -0.15) is 0 Å². The zero-order chi connectivity index (χ0) is 17.0. The van der Waals surface area contributed by atoms with Crippen LogP contribution in [-0.4, -0.2) is 60.2 Å². The van der Waals surface area contributed by atoms with Crippen molar-refractivity contribution in [1.29, 1.82) is 0 Å². The van der Waals surface area contributed by atoms with Crippen molar-refractivity contribution in [1.82, 2.24) is 9.80 Å². The molecule has 6 heteroatoms. The first kappa shape index (κ1) is 17.7. The molecule has 0 aromatic heterocycles. The number of halogens is 1. The van der Waals surface area contributed by atoms with Crippen LogP contribution in [0, 0.1) is 5.82 Å². The first-order valence-corrected chi connectivity index (χ1v) is 8.00. The van der Waals surface area contributed by atoms with Gasteiger partial charge in [-0.15, -0.1) is 0 Å². The highest BCUT2D eigenvalue weighted by atomic mass is 19.1. The highest BCUT2D eigenvalue weighted by Gasteiger charge is 2.33. The number of ether oxygens (including phenoxy) is 1. The molecule has 0 aliphatic carbocycles. The van der Waals surface area contributed by atoms with E-state index in [1.54, 1.807) is 12.1 Å². The standard InChI is InChI=1S/C17H25FN2O3/c1-12(2)23-14-7-4-6-13(18)15(14)16(17(21)22)20-9-5-8-19(3)10-11-20/h4,6-7,12,16H,5,8-11H2,1-3H3,(H,21,22)/t16-/m1/s1. The van der Waals surface area contributed by atoms with Gasteiger partial charge in [-0.1, -0.05) is 6.07 Å². The Balaban J connectivity index is 2.39. The summed E-state index contributed by atoms with van der Waals surface area (Å²) >= 11 is 0. The largest absolute Gasteiger partial charge is 0.491 e. The summed E-state index contributed by atoms with van der Waals surface area (Å²) < 4.78 is 20.1. The lowest BCUT2D eigenvalue weighted by atomic mass is 10.0. The van der Waals surface area contributed by atoms with Crippen LogP contribution in [0.4, 0.5) is 4.39 Å². The predicted octanol–water partition coefficient (Wildman–Crippen LogP) is 2.38. The summed E-state index contributed by atoms with van der Waals surface area (Å²) in [4.78, 5) is 15.9. The maximum atomic E-state index is 14.5. The number of rotatable bonds is 5. The molecule has 1 aliphatic rings. The molecule has 1 atom stereocenters. The van der Waals surface area contributed by atoms with Crippen LogP contribution in [0.5, 0.6) is 5.75 Å². The number of benzene rings is 1. The van der Waals surface area contributed by atoms with Crippen molar-refractivity contribution in [3.05, 3.63) is 29.6 Å². The van der Waals surface area contributed by atoms with Gasteiger partial charge in [0.25, 0.3) is 0 Å². The molecule has 5 nitrogen and oxygen atoms in total. The van der Waals surface area contributed by atoms with E-state index in [0.29, 0.717) is 18.8 Å². The number of carboxylic acids is 1. The Morgan fingerprint density at radius 1 is 1.26 bits per heavy atom. The first-order valence-electron chi connectivity index (χ1n) is 8.00. The molecule has 1 saturated heterocycles. The Labute approximate surface area is 136 Å². The Kier molecular flexibility index (Phi) is 5.96. The van der Waals surface area contributed by atoms with Crippen LogP contribution in [0.15, 0.2) is 18.2 Å². The molecule has 0 radical (unpaired) electrons. The highest BCUT2D eigenvalue weighted by Crippen LogP contribution is 2.33. The van der Waals surface area contributed by atoms with E-state index in [-0.39, 0.29) is 11.7 Å². The normalized spacial score (nSPS) is 18.7. The summed E-state index contributed by atoms with van der Waals surface area (Å²) in [5.41, 5.74) is 0.123. The molecule has 1 heterocycles. The molecule has 128 valence electrons. The minimum Gasteiger partial charge on any atom is -0.491 e. The number of carbonyl (C=O) groups is 1. The lowest BCUT2D eigenvalue weighted by Crippen LogP contribution is -2.37. The van der Waals surface area contributed by atoms with Crippen molar-refractivity contribution in [2.45, 2.75) is 32.4 Å². The quantitative estimate of drug-likeness (QED) is 0.901. The molecule has 1 aromatic rings. The summed E-state index contributed by atoms with van der Waals surface area (Å²) in [7, 11) is 2.01. The molecule has 0 amide bonds. The van der Waals surface area contributed by atoms with Crippen LogP contribution in [0.3, 0.4) is 0 Å². The van der Waals surface area contributed by atoms with E-state index in [9.17, 15) is 14.3 Å². The second-order valence-corrected chi connectivity index (χ2v) is 6.25. The van der Waals surface area contributed by atoms with Crippen molar-refractivity contribution in [3.8, 4) is 5.75 Å². The van der Waals surface area contributed by atoms with Gasteiger partial charge in [-0.05, 0) is 46.0 Å². The summed E-state index contributed by atoms with van der Waals surface area (Å²) in [5.74, 6) is -1.27. The fraction of sp³-hybridized carbons (Fsp3) is 0.588. The number of likely N-dealkylation sites (N-methyl/N-ethyl adjacent to an activating group) is 1. The molecule has 0 bridgehead atoms. The van der Waals surface area contributed by atoms with Gasteiger partial charge in [0.05, 0.1) is 11.7 Å².